The second-order valence-corrected chi connectivity index (χ2v) is 9.27. The fraction of sp³-hybridized carbons (Fsp3) is 0.667. The van der Waals surface area contributed by atoms with Gasteiger partial charge in [-0.25, -0.2) is 0 Å². The molecule has 0 spiro atoms. The fourth-order valence-electron chi connectivity index (χ4n) is 2.27. The summed E-state index contributed by atoms with van der Waals surface area (Å²) < 4.78 is 1.54. The van der Waals surface area contributed by atoms with Gasteiger partial charge in [0, 0.05) is 35.0 Å². The van der Waals surface area contributed by atoms with E-state index >= 15 is 0 Å². The van der Waals surface area contributed by atoms with Gasteiger partial charge in [0.05, 0.1) is 9.83 Å². The number of nitrogens with two attached hydrogens (primary N) is 1. The van der Waals surface area contributed by atoms with E-state index in [-0.39, 0.29) is 0 Å². The molecule has 0 saturated carbocycles. The first-order chi connectivity index (χ1) is 8.02. The lowest BCUT2D eigenvalue weighted by molar-refractivity contribution is 0.195. The lowest BCUT2D eigenvalue weighted by Gasteiger charge is -2.41. The van der Waals surface area contributed by atoms with Crippen LogP contribution in [0.4, 0.5) is 0 Å². The Balaban J connectivity index is 2.13. The molecule has 1 atom stereocenters. The summed E-state index contributed by atoms with van der Waals surface area (Å²) in [5, 5.41) is 0. The van der Waals surface area contributed by atoms with Crippen molar-refractivity contribution in [1.82, 2.24) is 4.90 Å². The van der Waals surface area contributed by atoms with Crippen LogP contribution in [-0.2, 0) is 0 Å². The zero-order valence-corrected chi connectivity index (χ0v) is 13.5. The number of thiophene rings is 1. The maximum absolute atomic E-state index is 5.98. The molecule has 2 rings (SSSR count). The summed E-state index contributed by atoms with van der Waals surface area (Å²) in [5.74, 6) is 1.20. The van der Waals surface area contributed by atoms with Crippen molar-refractivity contribution in [2.45, 2.75) is 24.6 Å². The third-order valence-corrected chi connectivity index (χ3v) is 6.06. The van der Waals surface area contributed by atoms with Crippen LogP contribution in [0.3, 0.4) is 0 Å². The largest absolute Gasteiger partial charge is 0.329 e. The molecule has 2 heterocycles. The Bertz CT molecular complexity index is 378. The molecule has 2 nitrogen and oxygen atoms in total. The van der Waals surface area contributed by atoms with Gasteiger partial charge in [-0.05, 0) is 41.9 Å². The highest BCUT2D eigenvalue weighted by Crippen LogP contribution is 2.36. The first kappa shape index (κ1) is 13.9. The van der Waals surface area contributed by atoms with Gasteiger partial charge in [0.15, 0.2) is 0 Å². The van der Waals surface area contributed by atoms with Crippen molar-refractivity contribution in [2.75, 3.05) is 25.4 Å². The maximum Gasteiger partial charge on any atom is 0.0702 e. The smallest absolute Gasteiger partial charge is 0.0702 e. The van der Waals surface area contributed by atoms with Crippen LogP contribution < -0.4 is 5.73 Å². The Labute approximate surface area is 120 Å². The van der Waals surface area contributed by atoms with Crippen LogP contribution in [0.15, 0.2) is 15.9 Å². The molecule has 1 fully saturated rings. The van der Waals surface area contributed by atoms with Crippen molar-refractivity contribution in [3.05, 3.63) is 20.8 Å². The molecule has 1 aromatic rings. The van der Waals surface area contributed by atoms with Crippen LogP contribution in [-0.4, -0.2) is 35.0 Å². The van der Waals surface area contributed by atoms with E-state index in [0.717, 1.165) is 13.1 Å². The Morgan fingerprint density at radius 1 is 1.53 bits per heavy atom. The molecular weight excluding hydrogens is 316 g/mol. The van der Waals surface area contributed by atoms with Crippen LogP contribution in [0.25, 0.3) is 0 Å². The molecule has 1 aliphatic rings. The molecule has 1 aliphatic heterocycles. The van der Waals surface area contributed by atoms with E-state index in [2.05, 4.69) is 58.6 Å². The minimum Gasteiger partial charge on any atom is -0.329 e. The Morgan fingerprint density at radius 3 is 2.82 bits per heavy atom. The normalized spacial score (nSPS) is 22.6. The van der Waals surface area contributed by atoms with Gasteiger partial charge in [-0.15, -0.1) is 11.3 Å². The quantitative estimate of drug-likeness (QED) is 0.919. The van der Waals surface area contributed by atoms with Crippen LogP contribution >= 0.6 is 39.0 Å². The van der Waals surface area contributed by atoms with E-state index in [0.29, 0.717) is 17.3 Å². The molecule has 1 aromatic heterocycles. The van der Waals surface area contributed by atoms with Crippen molar-refractivity contribution in [3.8, 4) is 0 Å². The second-order valence-electron chi connectivity index (χ2n) is 4.97. The average Bonchev–Trinajstić information content (AvgIpc) is 2.64. The van der Waals surface area contributed by atoms with E-state index in [1.165, 1.54) is 14.4 Å². The molecule has 96 valence electrons. The summed E-state index contributed by atoms with van der Waals surface area (Å²) in [6.45, 7) is 7.61. The zero-order chi connectivity index (χ0) is 12.5. The SMILES string of the molecule is CC1(C)CN(C(CN)c2ccc(Br)s2)CCS1. The van der Waals surface area contributed by atoms with Crippen molar-refractivity contribution >= 4 is 39.0 Å². The lowest BCUT2D eigenvalue weighted by Crippen LogP contribution is -2.46. The summed E-state index contributed by atoms with van der Waals surface area (Å²) >= 11 is 7.40. The first-order valence-electron chi connectivity index (χ1n) is 5.85. The molecule has 1 saturated heterocycles. The van der Waals surface area contributed by atoms with Crippen molar-refractivity contribution in [1.29, 1.82) is 0 Å². The molecule has 0 aliphatic carbocycles. The molecule has 0 amide bonds. The highest BCUT2D eigenvalue weighted by atomic mass is 79.9. The van der Waals surface area contributed by atoms with E-state index in [9.17, 15) is 0 Å². The minimum absolute atomic E-state index is 0.347. The molecule has 0 radical (unpaired) electrons. The Hall–Kier alpha value is 0.450. The number of nitrogens with zero attached hydrogens (tertiary/aromatic N) is 1. The van der Waals surface area contributed by atoms with E-state index in [4.69, 9.17) is 5.73 Å². The minimum atomic E-state index is 0.347. The van der Waals surface area contributed by atoms with Crippen molar-refractivity contribution in [3.63, 3.8) is 0 Å². The summed E-state index contributed by atoms with van der Waals surface area (Å²) in [5.41, 5.74) is 5.98. The predicted molar refractivity (Wildman–Crippen MR) is 81.9 cm³/mol. The summed E-state index contributed by atoms with van der Waals surface area (Å²) in [4.78, 5) is 3.91. The molecule has 17 heavy (non-hydrogen) atoms. The second kappa shape index (κ2) is 5.61. The Morgan fingerprint density at radius 2 is 2.29 bits per heavy atom. The van der Waals surface area contributed by atoms with Crippen LogP contribution in [0.1, 0.15) is 24.8 Å². The number of halogens is 1. The highest BCUT2D eigenvalue weighted by molar-refractivity contribution is 9.11. The van der Waals surface area contributed by atoms with Crippen LogP contribution in [0.2, 0.25) is 0 Å². The van der Waals surface area contributed by atoms with Crippen molar-refractivity contribution < 1.29 is 0 Å². The first-order valence-corrected chi connectivity index (χ1v) is 8.45. The van der Waals surface area contributed by atoms with Gasteiger partial charge in [-0.3, -0.25) is 4.90 Å². The van der Waals surface area contributed by atoms with Gasteiger partial charge in [-0.2, -0.15) is 11.8 Å². The van der Waals surface area contributed by atoms with Gasteiger partial charge < -0.3 is 5.73 Å². The van der Waals surface area contributed by atoms with Gasteiger partial charge in [0.2, 0.25) is 0 Å². The Kier molecular flexibility index (Phi) is 4.58. The molecule has 0 bridgehead atoms. The maximum atomic E-state index is 5.98. The zero-order valence-electron chi connectivity index (χ0n) is 10.3. The number of thioether (sulfide) groups is 1. The van der Waals surface area contributed by atoms with Crippen molar-refractivity contribution in [2.24, 2.45) is 5.73 Å². The fourth-order valence-corrected chi connectivity index (χ4v) is 4.98. The third-order valence-electron chi connectivity index (χ3n) is 3.04. The average molecular weight is 335 g/mol. The van der Waals surface area contributed by atoms with E-state index < -0.39 is 0 Å². The molecule has 0 aromatic carbocycles. The number of hydrogen-bond acceptors (Lipinski definition) is 4. The van der Waals surface area contributed by atoms with Gasteiger partial charge in [-0.1, -0.05) is 0 Å². The van der Waals surface area contributed by atoms with Crippen LogP contribution in [0, 0.1) is 0 Å². The van der Waals surface area contributed by atoms with Gasteiger partial charge >= 0.3 is 0 Å². The molecule has 1 unspecified atom stereocenters. The van der Waals surface area contributed by atoms with E-state index in [1.807, 2.05) is 0 Å². The predicted octanol–water partition coefficient (Wildman–Crippen LogP) is 3.34. The molecule has 2 N–H and O–H groups in total. The molecular formula is C12H19BrN2S2. The monoisotopic (exact) mass is 334 g/mol. The molecule has 5 heteroatoms. The topological polar surface area (TPSA) is 29.3 Å². The summed E-state index contributed by atoms with van der Waals surface area (Å²) in [7, 11) is 0. The van der Waals surface area contributed by atoms with Crippen LogP contribution in [0.5, 0.6) is 0 Å². The van der Waals surface area contributed by atoms with Gasteiger partial charge in [0.25, 0.3) is 0 Å². The number of rotatable bonds is 3. The summed E-state index contributed by atoms with van der Waals surface area (Å²) in [6.07, 6.45) is 0. The number of hydrogen-bond donors (Lipinski definition) is 1. The summed E-state index contributed by atoms with van der Waals surface area (Å²) in [6, 6.07) is 4.69. The van der Waals surface area contributed by atoms with E-state index in [1.54, 1.807) is 11.3 Å². The third kappa shape index (κ3) is 3.47. The standard InChI is InChI=1S/C12H19BrN2S2/c1-12(2)8-15(5-6-16-12)9(7-14)10-3-4-11(13)17-10/h3-4,9H,5-8,14H2,1-2H3. The lowest BCUT2D eigenvalue weighted by atomic mass is 10.1. The highest BCUT2D eigenvalue weighted by Gasteiger charge is 2.31. The van der Waals surface area contributed by atoms with Gasteiger partial charge in [0.1, 0.15) is 0 Å².